The third kappa shape index (κ3) is 3.76. The maximum Gasteiger partial charge on any atom is 0.337 e. The minimum atomic E-state index is -1.18. The summed E-state index contributed by atoms with van der Waals surface area (Å²) in [5, 5.41) is 22.4. The quantitative estimate of drug-likeness (QED) is 0.626. The van der Waals surface area contributed by atoms with Crippen molar-refractivity contribution < 1.29 is 19.4 Å². The largest absolute Gasteiger partial charge is 0.574 e. The smallest absolute Gasteiger partial charge is 0.337 e. The maximum absolute atomic E-state index is 12.8. The van der Waals surface area contributed by atoms with Gasteiger partial charge >= 0.3 is 5.97 Å². The Morgan fingerprint density at radius 3 is 2.41 bits per heavy atom. The fourth-order valence-corrected chi connectivity index (χ4v) is 3.89. The lowest BCUT2D eigenvalue weighted by Gasteiger charge is -2.47. The molecule has 1 aromatic rings. The van der Waals surface area contributed by atoms with E-state index < -0.39 is 29.5 Å². The number of carbonyl (C=O) groups is 1. The highest BCUT2D eigenvalue weighted by atomic mass is 32.1. The minimum absolute atomic E-state index is 0.0888. The molecule has 0 aromatic heterocycles. The number of rotatable bonds is 4. The minimum Gasteiger partial charge on any atom is -0.574 e. The van der Waals surface area contributed by atoms with Gasteiger partial charge in [-0.1, -0.05) is 48.5 Å². The third-order valence-corrected chi connectivity index (χ3v) is 5.39. The molecule has 2 unspecified atom stereocenters. The zero-order chi connectivity index (χ0) is 19.6. The molecule has 3 rings (SSSR count). The molecule has 1 aromatic carbocycles. The van der Waals surface area contributed by atoms with Gasteiger partial charge < -0.3 is 20.3 Å². The molecule has 0 radical (unpaired) electrons. The van der Waals surface area contributed by atoms with Gasteiger partial charge in [0.15, 0.2) is 5.79 Å². The van der Waals surface area contributed by atoms with Gasteiger partial charge in [0.1, 0.15) is 5.92 Å². The first-order chi connectivity index (χ1) is 12.9. The molecule has 1 aliphatic heterocycles. The first-order valence-corrected chi connectivity index (χ1v) is 9.37. The van der Waals surface area contributed by atoms with Crippen molar-refractivity contribution in [3.63, 3.8) is 0 Å². The highest BCUT2D eigenvalue weighted by Gasteiger charge is 2.43. The van der Waals surface area contributed by atoms with Crippen LogP contribution in [0.2, 0.25) is 0 Å². The predicted octanol–water partition coefficient (Wildman–Crippen LogP) is 2.31. The molecule has 0 amide bonds. The fraction of sp³-hybridized carbons (Fsp3) is 0.450. The Bertz CT molecular complexity index is 819. The van der Waals surface area contributed by atoms with Gasteiger partial charge in [0.05, 0.1) is 22.6 Å². The summed E-state index contributed by atoms with van der Waals surface area (Å²) in [7, 11) is 0. The summed E-state index contributed by atoms with van der Waals surface area (Å²) in [5.41, 5.74) is 7.10. The van der Waals surface area contributed by atoms with Gasteiger partial charge in [-0.2, -0.15) is 5.26 Å². The van der Waals surface area contributed by atoms with Crippen LogP contribution in [0, 0.1) is 24.2 Å². The topological polar surface area (TPSA) is 108 Å². The van der Waals surface area contributed by atoms with Crippen LogP contribution < -0.4 is 10.8 Å². The number of hydrogen-bond acceptors (Lipinski definition) is 6. The van der Waals surface area contributed by atoms with Crippen molar-refractivity contribution in [3.05, 3.63) is 46.9 Å². The lowest BCUT2D eigenvalue weighted by atomic mass is 9.80. The summed E-state index contributed by atoms with van der Waals surface area (Å²) in [6.07, 6.45) is 3.64. The molecule has 1 saturated carbocycles. The van der Waals surface area contributed by atoms with Crippen LogP contribution in [0.1, 0.15) is 49.1 Å². The van der Waals surface area contributed by atoms with Crippen LogP contribution in [0.4, 0.5) is 0 Å². The van der Waals surface area contributed by atoms with Crippen LogP contribution in [0.25, 0.3) is 0 Å². The molecule has 6 nitrogen and oxygen atoms in total. The number of nitrogens with two attached hydrogens (primary N) is 1. The van der Waals surface area contributed by atoms with E-state index >= 15 is 0 Å². The number of hydrogen-bond donors (Lipinski definition) is 1. The zero-order valence-corrected chi connectivity index (χ0v) is 15.9. The summed E-state index contributed by atoms with van der Waals surface area (Å²) in [6, 6.07) is 9.19. The fourth-order valence-electron chi connectivity index (χ4n) is 3.70. The van der Waals surface area contributed by atoms with E-state index in [4.69, 9.17) is 27.4 Å². The molecule has 2 aliphatic rings. The van der Waals surface area contributed by atoms with Crippen molar-refractivity contribution in [2.24, 2.45) is 11.7 Å². The van der Waals surface area contributed by atoms with Crippen LogP contribution in [-0.2, 0) is 14.3 Å². The van der Waals surface area contributed by atoms with Crippen molar-refractivity contribution in [1.82, 2.24) is 0 Å². The summed E-state index contributed by atoms with van der Waals surface area (Å²) in [4.78, 5) is 12.8. The summed E-state index contributed by atoms with van der Waals surface area (Å²) in [5.74, 6) is -4.66. The van der Waals surface area contributed by atoms with E-state index in [0.717, 1.165) is 24.8 Å². The van der Waals surface area contributed by atoms with E-state index in [2.05, 4.69) is 0 Å². The van der Waals surface area contributed by atoms with Crippen LogP contribution in [0.5, 0.6) is 0 Å². The Morgan fingerprint density at radius 2 is 1.89 bits per heavy atom. The first-order valence-electron chi connectivity index (χ1n) is 8.96. The van der Waals surface area contributed by atoms with Gasteiger partial charge in [0, 0.05) is 5.92 Å². The number of benzene rings is 1. The van der Waals surface area contributed by atoms with Gasteiger partial charge in [-0.05, 0) is 38.2 Å². The molecule has 2 atom stereocenters. The van der Waals surface area contributed by atoms with Gasteiger partial charge in [-0.15, -0.1) is 0 Å². The van der Waals surface area contributed by atoms with Gasteiger partial charge in [-0.25, -0.2) is 4.79 Å². The second-order valence-corrected chi connectivity index (χ2v) is 7.53. The van der Waals surface area contributed by atoms with E-state index in [1.165, 1.54) is 0 Å². The monoisotopic (exact) mass is 385 g/mol. The summed E-state index contributed by atoms with van der Waals surface area (Å²) in [6.45, 7) is 1.91. The maximum atomic E-state index is 12.8. The highest BCUT2D eigenvalue weighted by molar-refractivity contribution is 7.80. The molecule has 2 N–H and O–H groups in total. The van der Waals surface area contributed by atoms with Crippen LogP contribution in [0.3, 0.4) is 0 Å². The van der Waals surface area contributed by atoms with Gasteiger partial charge in [0.2, 0.25) is 0 Å². The van der Waals surface area contributed by atoms with Crippen molar-refractivity contribution >= 4 is 23.2 Å². The van der Waals surface area contributed by atoms with Crippen LogP contribution in [-0.4, -0.2) is 16.7 Å². The SMILES string of the molecule is Cc1ccc(C(C2=C([O-])OC3(CCCCC3)OC2=O)C(C#N)C(N)=S)cc1. The Hall–Kier alpha value is -2.59. The van der Waals surface area contributed by atoms with E-state index in [1.54, 1.807) is 12.1 Å². The third-order valence-electron chi connectivity index (χ3n) is 5.14. The van der Waals surface area contributed by atoms with E-state index in [9.17, 15) is 15.2 Å². The molecule has 0 bridgehead atoms. The molecular formula is C20H21N2O4S-. The molecule has 27 heavy (non-hydrogen) atoms. The Kier molecular flexibility index (Phi) is 5.38. The number of nitrogens with zero attached hydrogens (tertiary/aromatic N) is 1. The molecule has 1 spiro atoms. The average molecular weight is 385 g/mol. The normalized spacial score (nSPS) is 21.0. The Labute approximate surface area is 163 Å². The standard InChI is InChI=1S/C20H22N2O4S/c1-12-5-7-13(8-6-12)15(14(11-21)17(22)27)16-18(23)25-20(26-19(16)24)9-3-2-4-10-20/h5-8,14-15,23H,2-4,9-10H2,1H3,(H2,22,27)/p-1. The lowest BCUT2D eigenvalue weighted by Crippen LogP contribution is -2.47. The molecule has 7 heteroatoms. The average Bonchev–Trinajstić information content (AvgIpc) is 2.61. The number of ether oxygens (including phenoxy) is 2. The first kappa shape index (κ1) is 19.2. The lowest BCUT2D eigenvalue weighted by molar-refractivity contribution is -0.402. The van der Waals surface area contributed by atoms with Crippen molar-refractivity contribution in [2.75, 3.05) is 0 Å². The van der Waals surface area contributed by atoms with Crippen molar-refractivity contribution in [1.29, 1.82) is 5.26 Å². The molecule has 1 fully saturated rings. The Morgan fingerprint density at radius 1 is 1.26 bits per heavy atom. The van der Waals surface area contributed by atoms with Gasteiger partial charge in [0.25, 0.3) is 0 Å². The Balaban J connectivity index is 2.07. The molecular weight excluding hydrogens is 364 g/mol. The molecule has 0 saturated heterocycles. The number of thiocarbonyl (C=S) groups is 1. The number of aryl methyl sites for hydroxylation is 1. The number of carbonyl (C=O) groups excluding carboxylic acids is 1. The van der Waals surface area contributed by atoms with Crippen molar-refractivity contribution in [3.8, 4) is 6.07 Å². The number of nitriles is 1. The molecule has 142 valence electrons. The second kappa shape index (κ2) is 7.57. The molecule has 1 aliphatic carbocycles. The summed E-state index contributed by atoms with van der Waals surface area (Å²) >= 11 is 5.02. The van der Waals surface area contributed by atoms with E-state index in [0.29, 0.717) is 18.4 Å². The highest BCUT2D eigenvalue weighted by Crippen LogP contribution is 2.42. The van der Waals surface area contributed by atoms with Gasteiger partial charge in [-0.3, -0.25) is 0 Å². The summed E-state index contributed by atoms with van der Waals surface area (Å²) < 4.78 is 11.2. The van der Waals surface area contributed by atoms with Crippen molar-refractivity contribution in [2.45, 2.75) is 50.7 Å². The zero-order valence-electron chi connectivity index (χ0n) is 15.1. The van der Waals surface area contributed by atoms with E-state index in [-0.39, 0.29) is 10.6 Å². The predicted molar refractivity (Wildman–Crippen MR) is 99.8 cm³/mol. The number of esters is 1. The molecule has 1 heterocycles. The van der Waals surface area contributed by atoms with Crippen LogP contribution in [0.15, 0.2) is 35.8 Å². The van der Waals surface area contributed by atoms with E-state index in [1.807, 2.05) is 25.1 Å². The second-order valence-electron chi connectivity index (χ2n) is 7.06. The van der Waals surface area contributed by atoms with Crippen LogP contribution >= 0.6 is 12.2 Å².